The first-order valence-corrected chi connectivity index (χ1v) is 6.87. The number of hydrogen-bond acceptors (Lipinski definition) is 3. The number of rotatable bonds is 7. The zero-order valence-corrected chi connectivity index (χ0v) is 10.4. The monoisotopic (exact) mass is 260 g/mol. The summed E-state index contributed by atoms with van der Waals surface area (Å²) in [4.78, 5) is 12.9. The van der Waals surface area contributed by atoms with Crippen molar-refractivity contribution in [2.45, 2.75) is 31.1 Å². The van der Waals surface area contributed by atoms with Crippen molar-refractivity contribution in [2.24, 2.45) is 0 Å². The molecule has 0 aliphatic rings. The third kappa shape index (κ3) is 3.86. The fourth-order valence-corrected chi connectivity index (χ4v) is 2.38. The summed E-state index contributed by atoms with van der Waals surface area (Å²) in [6.07, 6.45) is 3.91. The molecule has 0 spiro atoms. The van der Waals surface area contributed by atoms with E-state index in [0.717, 1.165) is 25.3 Å². The lowest BCUT2D eigenvalue weighted by molar-refractivity contribution is 0.0691. The molecule has 0 fully saturated rings. The molecule has 7 heteroatoms. The predicted octanol–water partition coefficient (Wildman–Crippen LogP) is 1.18. The molecule has 17 heavy (non-hydrogen) atoms. The lowest BCUT2D eigenvalue weighted by Crippen LogP contribution is -2.24. The first-order chi connectivity index (χ1) is 7.97. The highest BCUT2D eigenvalue weighted by atomic mass is 32.2. The quantitative estimate of drug-likeness (QED) is 0.641. The van der Waals surface area contributed by atoms with Crippen LogP contribution < -0.4 is 4.72 Å². The van der Waals surface area contributed by atoms with Gasteiger partial charge in [0.2, 0.25) is 10.0 Å². The minimum atomic E-state index is -3.60. The average molecular weight is 260 g/mol. The third-order valence-corrected chi connectivity index (χ3v) is 3.71. The van der Waals surface area contributed by atoms with Crippen LogP contribution in [0.2, 0.25) is 0 Å². The fraction of sp³-hybridized carbons (Fsp3) is 0.500. The molecule has 1 aromatic heterocycles. The molecule has 0 radical (unpaired) electrons. The fourth-order valence-electron chi connectivity index (χ4n) is 1.32. The third-order valence-electron chi connectivity index (χ3n) is 2.27. The van der Waals surface area contributed by atoms with Gasteiger partial charge in [0, 0.05) is 12.7 Å². The molecule has 0 unspecified atom stereocenters. The predicted molar refractivity (Wildman–Crippen MR) is 62.5 cm³/mol. The summed E-state index contributed by atoms with van der Waals surface area (Å²) in [7, 11) is -3.60. The van der Waals surface area contributed by atoms with Crippen LogP contribution in [0.4, 0.5) is 0 Å². The van der Waals surface area contributed by atoms with E-state index in [9.17, 15) is 13.2 Å². The van der Waals surface area contributed by atoms with Gasteiger partial charge in [-0.3, -0.25) is 0 Å². The zero-order valence-electron chi connectivity index (χ0n) is 9.56. The van der Waals surface area contributed by atoms with Crippen LogP contribution in [0.3, 0.4) is 0 Å². The Bertz CT molecular complexity index is 478. The van der Waals surface area contributed by atoms with Gasteiger partial charge in [-0.15, -0.1) is 0 Å². The molecule has 1 rings (SSSR count). The number of H-pyrrole nitrogens is 1. The number of aromatic nitrogens is 1. The number of nitrogens with one attached hydrogen (secondary N) is 2. The second-order valence-corrected chi connectivity index (χ2v) is 5.43. The molecule has 3 N–H and O–H groups in total. The van der Waals surface area contributed by atoms with Crippen LogP contribution >= 0.6 is 0 Å². The SMILES string of the molecule is CCCCCNS(=O)(=O)c1c[nH]c(C(=O)O)c1. The van der Waals surface area contributed by atoms with E-state index in [2.05, 4.69) is 9.71 Å². The smallest absolute Gasteiger partial charge is 0.352 e. The highest BCUT2D eigenvalue weighted by Crippen LogP contribution is 2.10. The van der Waals surface area contributed by atoms with E-state index in [0.29, 0.717) is 6.54 Å². The van der Waals surface area contributed by atoms with Gasteiger partial charge in [0.25, 0.3) is 0 Å². The van der Waals surface area contributed by atoms with Crippen LogP contribution in [0.1, 0.15) is 36.7 Å². The van der Waals surface area contributed by atoms with Crippen LogP contribution in [0.5, 0.6) is 0 Å². The van der Waals surface area contributed by atoms with Gasteiger partial charge in [-0.25, -0.2) is 17.9 Å². The lowest BCUT2D eigenvalue weighted by atomic mass is 10.3. The largest absolute Gasteiger partial charge is 0.477 e. The van der Waals surface area contributed by atoms with Gasteiger partial charge in [-0.05, 0) is 12.5 Å². The first-order valence-electron chi connectivity index (χ1n) is 5.38. The molecule has 0 saturated heterocycles. The maximum atomic E-state index is 11.7. The number of carbonyl (C=O) groups is 1. The van der Waals surface area contributed by atoms with Crippen molar-refractivity contribution in [3.63, 3.8) is 0 Å². The number of sulfonamides is 1. The summed E-state index contributed by atoms with van der Waals surface area (Å²) in [6, 6.07) is 1.10. The molecule has 0 aliphatic heterocycles. The summed E-state index contributed by atoms with van der Waals surface area (Å²) in [5.74, 6) is -1.18. The highest BCUT2D eigenvalue weighted by Gasteiger charge is 2.17. The van der Waals surface area contributed by atoms with Gasteiger partial charge in [-0.2, -0.15) is 0 Å². The van der Waals surface area contributed by atoms with E-state index >= 15 is 0 Å². The minimum absolute atomic E-state index is 0.0496. The van der Waals surface area contributed by atoms with E-state index in [-0.39, 0.29) is 10.6 Å². The molecular weight excluding hydrogens is 244 g/mol. The molecule has 0 aromatic carbocycles. The van der Waals surface area contributed by atoms with Crippen molar-refractivity contribution in [3.05, 3.63) is 18.0 Å². The molecule has 0 bridgehead atoms. The number of hydrogen-bond donors (Lipinski definition) is 3. The first kappa shape index (κ1) is 13.7. The highest BCUT2D eigenvalue weighted by molar-refractivity contribution is 7.89. The van der Waals surface area contributed by atoms with Crippen LogP contribution in [0.25, 0.3) is 0 Å². The van der Waals surface area contributed by atoms with Crippen molar-refractivity contribution < 1.29 is 18.3 Å². The van der Waals surface area contributed by atoms with Crippen LogP contribution in [-0.2, 0) is 10.0 Å². The maximum Gasteiger partial charge on any atom is 0.352 e. The number of unbranched alkanes of at least 4 members (excludes halogenated alkanes) is 2. The number of aromatic amines is 1. The number of carboxylic acids is 1. The van der Waals surface area contributed by atoms with Gasteiger partial charge >= 0.3 is 5.97 Å². The Hall–Kier alpha value is -1.34. The van der Waals surface area contributed by atoms with E-state index in [1.54, 1.807) is 0 Å². The molecular formula is C10H16N2O4S. The van der Waals surface area contributed by atoms with Crippen LogP contribution in [0, 0.1) is 0 Å². The Morgan fingerprint density at radius 2 is 2.18 bits per heavy atom. The standard InChI is InChI=1S/C10H16N2O4S/c1-2-3-4-5-12-17(15,16)8-6-9(10(13)14)11-7-8/h6-7,11-12H,2-5H2,1H3,(H,13,14). The Balaban J connectivity index is 2.66. The van der Waals surface area contributed by atoms with Crippen molar-refractivity contribution >= 4 is 16.0 Å². The number of aromatic carboxylic acids is 1. The molecule has 96 valence electrons. The second kappa shape index (κ2) is 5.83. The molecule has 0 amide bonds. The van der Waals surface area contributed by atoms with Gasteiger partial charge in [-0.1, -0.05) is 19.8 Å². The molecule has 0 atom stereocenters. The van der Waals surface area contributed by atoms with Crippen molar-refractivity contribution in [1.82, 2.24) is 9.71 Å². The Morgan fingerprint density at radius 3 is 2.71 bits per heavy atom. The van der Waals surface area contributed by atoms with Gasteiger partial charge in [0.15, 0.2) is 0 Å². The lowest BCUT2D eigenvalue weighted by Gasteiger charge is -2.03. The van der Waals surface area contributed by atoms with Crippen LogP contribution in [0.15, 0.2) is 17.2 Å². The summed E-state index contributed by atoms with van der Waals surface area (Å²) < 4.78 is 25.8. The number of carboxylic acid groups (broad SMARTS) is 1. The molecule has 1 heterocycles. The van der Waals surface area contributed by atoms with Crippen molar-refractivity contribution in [3.8, 4) is 0 Å². The molecule has 1 aromatic rings. The van der Waals surface area contributed by atoms with Crippen molar-refractivity contribution in [1.29, 1.82) is 0 Å². The Kier molecular flexibility index (Phi) is 4.71. The van der Waals surface area contributed by atoms with Gasteiger partial charge in [0.05, 0.1) is 0 Å². The zero-order chi connectivity index (χ0) is 12.9. The van der Waals surface area contributed by atoms with Gasteiger partial charge < -0.3 is 10.1 Å². The summed E-state index contributed by atoms with van der Waals surface area (Å²) >= 11 is 0. The Labute approximate surface area is 100 Å². The Morgan fingerprint density at radius 1 is 1.47 bits per heavy atom. The van der Waals surface area contributed by atoms with E-state index in [4.69, 9.17) is 5.11 Å². The molecule has 0 aliphatic carbocycles. The molecule has 0 saturated carbocycles. The van der Waals surface area contributed by atoms with Gasteiger partial charge in [0.1, 0.15) is 10.6 Å². The minimum Gasteiger partial charge on any atom is -0.477 e. The normalized spacial score (nSPS) is 11.6. The topological polar surface area (TPSA) is 99.3 Å². The van der Waals surface area contributed by atoms with E-state index < -0.39 is 16.0 Å². The summed E-state index contributed by atoms with van der Waals surface area (Å²) in [6.45, 7) is 2.39. The summed E-state index contributed by atoms with van der Waals surface area (Å²) in [5.41, 5.74) is -0.140. The van der Waals surface area contributed by atoms with E-state index in [1.165, 1.54) is 6.20 Å². The molecule has 6 nitrogen and oxygen atoms in total. The second-order valence-electron chi connectivity index (χ2n) is 3.66. The van der Waals surface area contributed by atoms with Crippen LogP contribution in [-0.4, -0.2) is 31.0 Å². The average Bonchev–Trinajstić information content (AvgIpc) is 2.74. The van der Waals surface area contributed by atoms with E-state index in [1.807, 2.05) is 6.92 Å². The van der Waals surface area contributed by atoms with Crippen molar-refractivity contribution in [2.75, 3.05) is 6.54 Å². The maximum absolute atomic E-state index is 11.7. The summed E-state index contributed by atoms with van der Waals surface area (Å²) in [5, 5.41) is 8.66.